The predicted molar refractivity (Wildman–Crippen MR) is 118 cm³/mol. The average molecular weight is 440 g/mol. The molecule has 32 heavy (non-hydrogen) atoms. The number of hydrogen-bond donors (Lipinski definition) is 3. The van der Waals surface area contributed by atoms with Crippen molar-refractivity contribution in [3.8, 4) is 11.1 Å². The molecule has 0 heterocycles. The minimum absolute atomic E-state index is 0.102. The lowest BCUT2D eigenvalue weighted by Crippen LogP contribution is -2.54. The standard InChI is InChI=1S/C24H28N2O6/c1-14(2)21(23(28)29)26-22(27)20(13-31-3)25-24(30)32-12-19-17-10-6-4-8-15(17)16-9-5-7-11-18(16)19/h4-11,14,19-21H,12-13H2,1-3H3,(H,25,30)(H,26,27)(H,28,29). The second kappa shape index (κ2) is 10.3. The number of hydrogen-bond acceptors (Lipinski definition) is 5. The lowest BCUT2D eigenvalue weighted by atomic mass is 9.98. The van der Waals surface area contributed by atoms with Crippen LogP contribution in [0.15, 0.2) is 48.5 Å². The molecule has 3 rings (SSSR count). The van der Waals surface area contributed by atoms with Gasteiger partial charge in [0.25, 0.3) is 0 Å². The summed E-state index contributed by atoms with van der Waals surface area (Å²) in [6, 6.07) is 13.8. The summed E-state index contributed by atoms with van der Waals surface area (Å²) in [5.41, 5.74) is 4.38. The number of fused-ring (bicyclic) bond motifs is 3. The van der Waals surface area contributed by atoms with Gasteiger partial charge in [0.1, 0.15) is 18.7 Å². The molecule has 8 heteroatoms. The first-order valence-corrected chi connectivity index (χ1v) is 10.5. The Kier molecular flexibility index (Phi) is 7.48. The Bertz CT molecular complexity index is 944. The lowest BCUT2D eigenvalue weighted by molar-refractivity contribution is -0.143. The molecule has 0 saturated heterocycles. The van der Waals surface area contributed by atoms with E-state index in [9.17, 15) is 19.5 Å². The van der Waals surface area contributed by atoms with E-state index in [4.69, 9.17) is 9.47 Å². The number of carboxylic acids is 1. The molecule has 2 aromatic carbocycles. The Morgan fingerprint density at radius 1 is 0.969 bits per heavy atom. The van der Waals surface area contributed by atoms with Crippen LogP contribution >= 0.6 is 0 Å². The fourth-order valence-corrected chi connectivity index (χ4v) is 3.90. The lowest BCUT2D eigenvalue weighted by Gasteiger charge is -2.23. The van der Waals surface area contributed by atoms with E-state index in [2.05, 4.69) is 10.6 Å². The molecule has 0 bridgehead atoms. The average Bonchev–Trinajstić information content (AvgIpc) is 3.09. The molecule has 8 nitrogen and oxygen atoms in total. The number of amides is 2. The number of carbonyl (C=O) groups excluding carboxylic acids is 2. The van der Waals surface area contributed by atoms with E-state index < -0.39 is 30.1 Å². The third kappa shape index (κ3) is 5.08. The van der Waals surface area contributed by atoms with Crippen LogP contribution in [0.5, 0.6) is 0 Å². The monoisotopic (exact) mass is 440 g/mol. The van der Waals surface area contributed by atoms with Crippen LogP contribution in [0.2, 0.25) is 0 Å². The largest absolute Gasteiger partial charge is 0.480 e. The smallest absolute Gasteiger partial charge is 0.407 e. The Labute approximate surface area is 186 Å². The van der Waals surface area contributed by atoms with Gasteiger partial charge in [-0.15, -0.1) is 0 Å². The Morgan fingerprint density at radius 3 is 2.03 bits per heavy atom. The van der Waals surface area contributed by atoms with Crippen LogP contribution in [-0.4, -0.2) is 55.5 Å². The fourth-order valence-electron chi connectivity index (χ4n) is 3.90. The van der Waals surface area contributed by atoms with Gasteiger partial charge in [-0.1, -0.05) is 62.4 Å². The van der Waals surface area contributed by atoms with Crippen molar-refractivity contribution in [1.29, 1.82) is 0 Å². The molecule has 1 aliphatic rings. The van der Waals surface area contributed by atoms with Gasteiger partial charge in [-0.2, -0.15) is 0 Å². The van der Waals surface area contributed by atoms with Crippen molar-refractivity contribution in [3.63, 3.8) is 0 Å². The van der Waals surface area contributed by atoms with Crippen molar-refractivity contribution in [3.05, 3.63) is 59.7 Å². The molecule has 0 aromatic heterocycles. The number of ether oxygens (including phenoxy) is 2. The molecular formula is C24H28N2O6. The molecule has 170 valence electrons. The number of rotatable bonds is 9. The van der Waals surface area contributed by atoms with Crippen molar-refractivity contribution in [2.45, 2.75) is 31.8 Å². The number of benzene rings is 2. The molecule has 0 radical (unpaired) electrons. The zero-order valence-corrected chi connectivity index (χ0v) is 18.3. The predicted octanol–water partition coefficient (Wildman–Crippen LogP) is 2.77. The molecule has 0 aliphatic heterocycles. The van der Waals surface area contributed by atoms with E-state index in [1.165, 1.54) is 7.11 Å². The molecular weight excluding hydrogens is 412 g/mol. The molecule has 3 N–H and O–H groups in total. The molecule has 0 saturated carbocycles. The minimum Gasteiger partial charge on any atom is -0.480 e. The molecule has 2 atom stereocenters. The molecule has 2 aromatic rings. The van der Waals surface area contributed by atoms with E-state index in [-0.39, 0.29) is 25.0 Å². The van der Waals surface area contributed by atoms with Crippen LogP contribution < -0.4 is 10.6 Å². The van der Waals surface area contributed by atoms with Crippen molar-refractivity contribution in [2.24, 2.45) is 5.92 Å². The Balaban J connectivity index is 1.65. The first-order valence-electron chi connectivity index (χ1n) is 10.5. The zero-order valence-electron chi connectivity index (χ0n) is 18.3. The highest BCUT2D eigenvalue weighted by atomic mass is 16.5. The topological polar surface area (TPSA) is 114 Å². The molecule has 2 amide bonds. The van der Waals surface area contributed by atoms with Gasteiger partial charge < -0.3 is 25.2 Å². The van der Waals surface area contributed by atoms with Crippen LogP contribution in [0.25, 0.3) is 11.1 Å². The maximum absolute atomic E-state index is 12.6. The van der Waals surface area contributed by atoms with Crippen LogP contribution in [0.4, 0.5) is 4.79 Å². The summed E-state index contributed by atoms with van der Waals surface area (Å²) in [4.78, 5) is 36.4. The van der Waals surface area contributed by atoms with Gasteiger partial charge >= 0.3 is 12.1 Å². The highest BCUT2D eigenvalue weighted by Gasteiger charge is 2.31. The quantitative estimate of drug-likeness (QED) is 0.553. The molecule has 0 fully saturated rings. The Morgan fingerprint density at radius 2 is 1.53 bits per heavy atom. The number of carbonyl (C=O) groups is 3. The van der Waals surface area contributed by atoms with Crippen LogP contribution in [0.3, 0.4) is 0 Å². The van der Waals surface area contributed by atoms with Gasteiger partial charge in [0.2, 0.25) is 5.91 Å². The van der Waals surface area contributed by atoms with Crippen molar-refractivity contribution >= 4 is 18.0 Å². The summed E-state index contributed by atoms with van der Waals surface area (Å²) < 4.78 is 10.5. The second-order valence-electron chi connectivity index (χ2n) is 8.05. The first-order chi connectivity index (χ1) is 15.3. The summed E-state index contributed by atoms with van der Waals surface area (Å²) in [6.45, 7) is 3.35. The van der Waals surface area contributed by atoms with E-state index >= 15 is 0 Å². The van der Waals surface area contributed by atoms with Crippen LogP contribution in [-0.2, 0) is 19.1 Å². The highest BCUT2D eigenvalue weighted by molar-refractivity contribution is 5.89. The van der Waals surface area contributed by atoms with E-state index in [1.54, 1.807) is 13.8 Å². The van der Waals surface area contributed by atoms with E-state index in [0.717, 1.165) is 22.3 Å². The SMILES string of the molecule is COCC(NC(=O)OCC1c2ccccc2-c2ccccc21)C(=O)NC(C(=O)O)C(C)C. The van der Waals surface area contributed by atoms with Crippen molar-refractivity contribution in [1.82, 2.24) is 10.6 Å². The third-order valence-corrected chi connectivity index (χ3v) is 5.52. The first kappa shape index (κ1) is 23.3. The number of alkyl carbamates (subject to hydrolysis) is 1. The third-order valence-electron chi connectivity index (χ3n) is 5.52. The molecule has 1 aliphatic carbocycles. The van der Waals surface area contributed by atoms with Crippen molar-refractivity contribution in [2.75, 3.05) is 20.3 Å². The maximum Gasteiger partial charge on any atom is 0.407 e. The summed E-state index contributed by atoms with van der Waals surface area (Å²) in [5.74, 6) is -2.23. The van der Waals surface area contributed by atoms with Crippen LogP contribution in [0, 0.1) is 5.92 Å². The summed E-state index contributed by atoms with van der Waals surface area (Å²) in [6.07, 6.45) is -0.777. The van der Waals surface area contributed by atoms with Gasteiger partial charge in [0.15, 0.2) is 0 Å². The van der Waals surface area contributed by atoms with Gasteiger partial charge in [-0.05, 0) is 28.2 Å². The Hall–Kier alpha value is -3.39. The van der Waals surface area contributed by atoms with Crippen LogP contribution in [0.1, 0.15) is 30.9 Å². The maximum atomic E-state index is 12.6. The van der Waals surface area contributed by atoms with E-state index in [1.807, 2.05) is 48.5 Å². The number of aliphatic carboxylic acids is 1. The normalized spacial score (nSPS) is 14.2. The molecule has 2 unspecified atom stereocenters. The van der Waals surface area contributed by atoms with Crippen molar-refractivity contribution < 1.29 is 29.0 Å². The molecule has 0 spiro atoms. The second-order valence-corrected chi connectivity index (χ2v) is 8.05. The van der Waals surface area contributed by atoms with Gasteiger partial charge in [-0.3, -0.25) is 4.79 Å². The number of carboxylic acid groups (broad SMARTS) is 1. The van der Waals surface area contributed by atoms with Gasteiger partial charge in [0, 0.05) is 13.0 Å². The zero-order chi connectivity index (χ0) is 23.3. The summed E-state index contributed by atoms with van der Waals surface area (Å²) in [5, 5.41) is 14.2. The van der Waals surface area contributed by atoms with Gasteiger partial charge in [0.05, 0.1) is 6.61 Å². The minimum atomic E-state index is -1.15. The number of methoxy groups -OCH3 is 1. The summed E-state index contributed by atoms with van der Waals surface area (Å²) in [7, 11) is 1.39. The van der Waals surface area contributed by atoms with Gasteiger partial charge in [-0.25, -0.2) is 9.59 Å². The fraction of sp³-hybridized carbons (Fsp3) is 0.375. The highest BCUT2D eigenvalue weighted by Crippen LogP contribution is 2.44. The van der Waals surface area contributed by atoms with E-state index in [0.29, 0.717) is 0 Å². The summed E-state index contributed by atoms with van der Waals surface area (Å²) >= 11 is 0. The number of nitrogens with one attached hydrogen (secondary N) is 2.